The van der Waals surface area contributed by atoms with Crippen LogP contribution in [0, 0.1) is 6.92 Å². The fraction of sp³-hybridized carbons (Fsp3) is 0.545. The molecule has 1 aliphatic rings. The van der Waals surface area contributed by atoms with Crippen molar-refractivity contribution in [1.29, 1.82) is 0 Å². The van der Waals surface area contributed by atoms with Crippen LogP contribution in [0.25, 0.3) is 0 Å². The Morgan fingerprint density at radius 3 is 3.20 bits per heavy atom. The van der Waals surface area contributed by atoms with E-state index in [0.29, 0.717) is 6.04 Å². The van der Waals surface area contributed by atoms with Gasteiger partial charge < -0.3 is 10.6 Å². The van der Waals surface area contributed by atoms with Crippen molar-refractivity contribution in [2.45, 2.75) is 25.8 Å². The third kappa shape index (κ3) is 2.58. The van der Waals surface area contributed by atoms with E-state index in [1.165, 1.54) is 24.2 Å². The molecule has 1 aromatic heterocycles. The summed E-state index contributed by atoms with van der Waals surface area (Å²) in [7, 11) is 0. The average molecular weight is 224 g/mol. The summed E-state index contributed by atoms with van der Waals surface area (Å²) in [5.74, 6) is 0.0659. The Labute approximate surface area is 93.9 Å². The average Bonchev–Trinajstić information content (AvgIpc) is 2.84. The number of rotatable bonds is 3. The lowest BCUT2D eigenvalue weighted by molar-refractivity contribution is 0.0954. The van der Waals surface area contributed by atoms with Gasteiger partial charge >= 0.3 is 0 Å². The molecule has 0 aromatic carbocycles. The Morgan fingerprint density at radius 1 is 1.73 bits per heavy atom. The minimum Gasteiger partial charge on any atom is -0.350 e. The Hall–Kier alpha value is -0.870. The maximum absolute atomic E-state index is 11.8. The van der Waals surface area contributed by atoms with Gasteiger partial charge in [-0.2, -0.15) is 0 Å². The van der Waals surface area contributed by atoms with Crippen LogP contribution in [0.4, 0.5) is 0 Å². The summed E-state index contributed by atoms with van der Waals surface area (Å²) in [6.07, 6.45) is 2.39. The van der Waals surface area contributed by atoms with E-state index >= 15 is 0 Å². The van der Waals surface area contributed by atoms with Crippen molar-refractivity contribution in [2.24, 2.45) is 0 Å². The van der Waals surface area contributed by atoms with E-state index in [1.54, 1.807) is 0 Å². The van der Waals surface area contributed by atoms with Gasteiger partial charge in [-0.3, -0.25) is 4.79 Å². The molecule has 0 aliphatic carbocycles. The Morgan fingerprint density at radius 2 is 2.60 bits per heavy atom. The second-order valence-electron chi connectivity index (χ2n) is 3.94. The first-order valence-electron chi connectivity index (χ1n) is 5.33. The predicted octanol–water partition coefficient (Wildman–Crippen LogP) is 1.54. The van der Waals surface area contributed by atoms with E-state index in [0.717, 1.165) is 23.5 Å². The SMILES string of the molecule is Cc1ccsc1C(=O)NCC1CCCN1. The quantitative estimate of drug-likeness (QED) is 0.817. The molecular formula is C11H16N2OS. The molecule has 1 unspecified atom stereocenters. The van der Waals surface area contributed by atoms with Crippen LogP contribution in [0.3, 0.4) is 0 Å². The van der Waals surface area contributed by atoms with Gasteiger partial charge in [-0.25, -0.2) is 0 Å². The molecule has 2 N–H and O–H groups in total. The zero-order valence-electron chi connectivity index (χ0n) is 8.88. The van der Waals surface area contributed by atoms with E-state index in [1.807, 2.05) is 18.4 Å². The van der Waals surface area contributed by atoms with Crippen LogP contribution >= 0.6 is 11.3 Å². The molecule has 15 heavy (non-hydrogen) atoms. The van der Waals surface area contributed by atoms with Crippen LogP contribution in [0.5, 0.6) is 0 Å². The molecule has 1 aliphatic heterocycles. The van der Waals surface area contributed by atoms with Crippen LogP contribution in [0.2, 0.25) is 0 Å². The fourth-order valence-corrected chi connectivity index (χ4v) is 2.67. The standard InChI is InChI=1S/C11H16N2OS/c1-8-4-6-15-10(8)11(14)13-7-9-3-2-5-12-9/h4,6,9,12H,2-3,5,7H2,1H3,(H,13,14). The number of hydrogen-bond acceptors (Lipinski definition) is 3. The smallest absolute Gasteiger partial charge is 0.261 e. The molecule has 0 spiro atoms. The zero-order chi connectivity index (χ0) is 10.7. The number of thiophene rings is 1. The van der Waals surface area contributed by atoms with E-state index < -0.39 is 0 Å². The molecule has 0 bridgehead atoms. The Kier molecular flexibility index (Phi) is 3.38. The topological polar surface area (TPSA) is 41.1 Å². The van der Waals surface area contributed by atoms with E-state index in [-0.39, 0.29) is 5.91 Å². The summed E-state index contributed by atoms with van der Waals surface area (Å²) in [6.45, 7) is 3.80. The molecule has 82 valence electrons. The third-order valence-electron chi connectivity index (χ3n) is 2.74. The number of amides is 1. The molecule has 3 nitrogen and oxygen atoms in total. The van der Waals surface area contributed by atoms with Gasteiger partial charge in [-0.15, -0.1) is 11.3 Å². The summed E-state index contributed by atoms with van der Waals surface area (Å²) in [6, 6.07) is 2.45. The molecular weight excluding hydrogens is 208 g/mol. The molecule has 1 fully saturated rings. The Balaban J connectivity index is 1.84. The van der Waals surface area contributed by atoms with Crippen LogP contribution in [0.1, 0.15) is 28.1 Å². The van der Waals surface area contributed by atoms with Crippen LogP contribution in [0.15, 0.2) is 11.4 Å². The number of nitrogens with one attached hydrogen (secondary N) is 2. The second kappa shape index (κ2) is 4.77. The molecule has 1 saturated heterocycles. The minimum absolute atomic E-state index is 0.0659. The summed E-state index contributed by atoms with van der Waals surface area (Å²) in [5.41, 5.74) is 1.07. The van der Waals surface area contributed by atoms with Gasteiger partial charge in [0, 0.05) is 12.6 Å². The van der Waals surface area contributed by atoms with Gasteiger partial charge in [-0.05, 0) is 43.3 Å². The second-order valence-corrected chi connectivity index (χ2v) is 4.85. The summed E-state index contributed by atoms with van der Waals surface area (Å²) >= 11 is 1.51. The normalized spacial score (nSPS) is 20.5. The maximum atomic E-state index is 11.8. The predicted molar refractivity (Wildman–Crippen MR) is 62.4 cm³/mol. The van der Waals surface area contributed by atoms with E-state index in [2.05, 4.69) is 10.6 Å². The van der Waals surface area contributed by atoms with Gasteiger partial charge in [-0.1, -0.05) is 0 Å². The molecule has 4 heteroatoms. The maximum Gasteiger partial charge on any atom is 0.261 e. The van der Waals surface area contributed by atoms with Crippen molar-refractivity contribution < 1.29 is 4.79 Å². The van der Waals surface area contributed by atoms with Gasteiger partial charge in [0.25, 0.3) is 5.91 Å². The molecule has 2 heterocycles. The van der Waals surface area contributed by atoms with Crippen LogP contribution in [-0.4, -0.2) is 25.0 Å². The highest BCUT2D eigenvalue weighted by atomic mass is 32.1. The molecule has 1 amide bonds. The number of aryl methyl sites for hydroxylation is 1. The molecule has 0 radical (unpaired) electrons. The first-order valence-corrected chi connectivity index (χ1v) is 6.21. The fourth-order valence-electron chi connectivity index (χ4n) is 1.83. The van der Waals surface area contributed by atoms with Gasteiger partial charge in [0.2, 0.25) is 0 Å². The molecule has 1 atom stereocenters. The number of carbonyl (C=O) groups is 1. The van der Waals surface area contributed by atoms with Crippen molar-refractivity contribution in [3.63, 3.8) is 0 Å². The molecule has 2 rings (SSSR count). The highest BCUT2D eigenvalue weighted by Crippen LogP contribution is 2.15. The highest BCUT2D eigenvalue weighted by molar-refractivity contribution is 7.12. The van der Waals surface area contributed by atoms with Crippen molar-refractivity contribution in [2.75, 3.05) is 13.1 Å². The van der Waals surface area contributed by atoms with Crippen molar-refractivity contribution in [3.05, 3.63) is 21.9 Å². The largest absolute Gasteiger partial charge is 0.350 e. The van der Waals surface area contributed by atoms with Gasteiger partial charge in [0.1, 0.15) is 0 Å². The first-order chi connectivity index (χ1) is 7.27. The van der Waals surface area contributed by atoms with Crippen LogP contribution in [-0.2, 0) is 0 Å². The van der Waals surface area contributed by atoms with Crippen LogP contribution < -0.4 is 10.6 Å². The number of hydrogen-bond donors (Lipinski definition) is 2. The van der Waals surface area contributed by atoms with Crippen molar-refractivity contribution in [1.82, 2.24) is 10.6 Å². The van der Waals surface area contributed by atoms with E-state index in [4.69, 9.17) is 0 Å². The lowest BCUT2D eigenvalue weighted by atomic mass is 10.2. The third-order valence-corrected chi connectivity index (χ3v) is 3.75. The first kappa shape index (κ1) is 10.6. The van der Waals surface area contributed by atoms with Gasteiger partial charge in [0.15, 0.2) is 0 Å². The lowest BCUT2D eigenvalue weighted by Gasteiger charge is -2.10. The van der Waals surface area contributed by atoms with Crippen molar-refractivity contribution >= 4 is 17.2 Å². The molecule has 1 aromatic rings. The zero-order valence-corrected chi connectivity index (χ0v) is 9.69. The summed E-state index contributed by atoms with van der Waals surface area (Å²) in [5, 5.41) is 8.29. The van der Waals surface area contributed by atoms with Crippen molar-refractivity contribution in [3.8, 4) is 0 Å². The molecule has 0 saturated carbocycles. The highest BCUT2D eigenvalue weighted by Gasteiger charge is 2.16. The van der Waals surface area contributed by atoms with E-state index in [9.17, 15) is 4.79 Å². The summed E-state index contributed by atoms with van der Waals surface area (Å²) < 4.78 is 0. The Bertz CT molecular complexity index is 342. The number of carbonyl (C=O) groups excluding carboxylic acids is 1. The summed E-state index contributed by atoms with van der Waals surface area (Å²) in [4.78, 5) is 12.6. The lowest BCUT2D eigenvalue weighted by Crippen LogP contribution is -2.37. The minimum atomic E-state index is 0.0659. The van der Waals surface area contributed by atoms with Gasteiger partial charge in [0.05, 0.1) is 4.88 Å². The monoisotopic (exact) mass is 224 g/mol.